The summed E-state index contributed by atoms with van der Waals surface area (Å²) in [6.07, 6.45) is 1.71. The van der Waals surface area contributed by atoms with Crippen molar-refractivity contribution in [1.82, 2.24) is 4.90 Å². The van der Waals surface area contributed by atoms with Crippen LogP contribution >= 0.6 is 22.7 Å². The van der Waals surface area contributed by atoms with Crippen molar-refractivity contribution in [1.29, 1.82) is 0 Å². The first kappa shape index (κ1) is 17.5. The maximum atomic E-state index is 10.7. The van der Waals surface area contributed by atoms with Crippen molar-refractivity contribution in [3.8, 4) is 5.75 Å². The molecule has 2 atom stereocenters. The van der Waals surface area contributed by atoms with E-state index in [0.29, 0.717) is 0 Å². The molecule has 0 saturated heterocycles. The van der Waals surface area contributed by atoms with Gasteiger partial charge in [-0.15, -0.1) is 0 Å². The van der Waals surface area contributed by atoms with Crippen LogP contribution in [0.15, 0.2) is 57.9 Å². The van der Waals surface area contributed by atoms with E-state index in [1.165, 1.54) is 16.7 Å². The van der Waals surface area contributed by atoms with E-state index >= 15 is 0 Å². The van der Waals surface area contributed by atoms with Crippen LogP contribution in [0.5, 0.6) is 5.75 Å². The fourth-order valence-corrected chi connectivity index (χ4v) is 4.83. The van der Waals surface area contributed by atoms with E-state index in [9.17, 15) is 10.2 Å². The van der Waals surface area contributed by atoms with Crippen LogP contribution in [-0.2, 0) is 6.54 Å². The number of aliphatic hydroxyl groups excluding tert-OH is 1. The molecule has 2 N–H and O–H groups in total. The second-order valence-electron chi connectivity index (χ2n) is 6.64. The van der Waals surface area contributed by atoms with Gasteiger partial charge in [-0.05, 0) is 80.5 Å². The number of phenolic OH excluding ortho intramolecular Hbond substituents is 1. The predicted octanol–water partition coefficient (Wildman–Crippen LogP) is 4.88. The average molecular weight is 384 g/mol. The maximum absolute atomic E-state index is 10.7. The third kappa shape index (κ3) is 3.35. The Balaban J connectivity index is 1.62. The summed E-state index contributed by atoms with van der Waals surface area (Å²) in [7, 11) is 0. The number of thiophene rings is 2. The molecule has 0 fully saturated rings. The molecular formula is C21H21NO2S2. The lowest BCUT2D eigenvalue weighted by atomic mass is 9.91. The van der Waals surface area contributed by atoms with Gasteiger partial charge in [0.2, 0.25) is 0 Å². The van der Waals surface area contributed by atoms with Gasteiger partial charge in [0.1, 0.15) is 5.75 Å². The summed E-state index contributed by atoms with van der Waals surface area (Å²) in [4.78, 5) is 2.26. The van der Waals surface area contributed by atoms with Gasteiger partial charge in [0.05, 0.1) is 6.10 Å². The monoisotopic (exact) mass is 383 g/mol. The Kier molecular flexibility index (Phi) is 4.96. The Bertz CT molecular complexity index is 864. The van der Waals surface area contributed by atoms with Gasteiger partial charge in [-0.1, -0.05) is 12.1 Å². The summed E-state index contributed by atoms with van der Waals surface area (Å²) in [5.41, 5.74) is 5.62. The SMILES string of the molecule is CC1C(O)c2ccc(O)cc2CN1CC=C(c1ccsc1)c1ccsc1. The Morgan fingerprint density at radius 1 is 1.15 bits per heavy atom. The number of aromatic hydroxyl groups is 1. The topological polar surface area (TPSA) is 43.7 Å². The Labute approximate surface area is 161 Å². The molecule has 0 bridgehead atoms. The van der Waals surface area contributed by atoms with Crippen molar-refractivity contribution in [2.45, 2.75) is 25.6 Å². The van der Waals surface area contributed by atoms with Crippen molar-refractivity contribution < 1.29 is 10.2 Å². The molecule has 1 aliphatic heterocycles. The smallest absolute Gasteiger partial charge is 0.115 e. The number of phenols is 1. The lowest BCUT2D eigenvalue weighted by Crippen LogP contribution is -2.41. The number of rotatable bonds is 4. The molecular weight excluding hydrogens is 362 g/mol. The molecule has 1 aliphatic rings. The summed E-state index contributed by atoms with van der Waals surface area (Å²) in [5, 5.41) is 29.0. The Morgan fingerprint density at radius 2 is 1.85 bits per heavy atom. The molecule has 1 aromatic carbocycles. The van der Waals surface area contributed by atoms with Crippen molar-refractivity contribution in [2.24, 2.45) is 0 Å². The molecule has 0 spiro atoms. The summed E-state index contributed by atoms with van der Waals surface area (Å²) >= 11 is 3.40. The quantitative estimate of drug-likeness (QED) is 0.674. The van der Waals surface area contributed by atoms with Crippen LogP contribution in [0.2, 0.25) is 0 Å². The standard InChI is InChI=1S/C21H21NO2S2/c1-14-21(24)20-3-2-18(23)10-17(20)11-22(14)7-4-19(15-5-8-25-12-15)16-6-9-26-13-16/h2-6,8-10,12-14,21,23-24H,7,11H2,1H3. The van der Waals surface area contributed by atoms with Crippen molar-refractivity contribution >= 4 is 28.2 Å². The lowest BCUT2D eigenvalue weighted by Gasteiger charge is -2.38. The number of aliphatic hydroxyl groups is 1. The van der Waals surface area contributed by atoms with Gasteiger partial charge in [0.15, 0.2) is 0 Å². The highest BCUT2D eigenvalue weighted by Gasteiger charge is 2.30. The molecule has 4 rings (SSSR count). The highest BCUT2D eigenvalue weighted by atomic mass is 32.1. The highest BCUT2D eigenvalue weighted by molar-refractivity contribution is 7.08. The van der Waals surface area contributed by atoms with E-state index in [2.05, 4.69) is 51.6 Å². The zero-order valence-electron chi connectivity index (χ0n) is 14.5. The summed E-state index contributed by atoms with van der Waals surface area (Å²) in [5.74, 6) is 0.248. The van der Waals surface area contributed by atoms with Crippen LogP contribution in [0.25, 0.3) is 5.57 Å². The highest BCUT2D eigenvalue weighted by Crippen LogP contribution is 2.34. The fraction of sp³-hybridized carbons (Fsp3) is 0.238. The van der Waals surface area contributed by atoms with Gasteiger partial charge >= 0.3 is 0 Å². The van der Waals surface area contributed by atoms with Crippen LogP contribution in [0.3, 0.4) is 0 Å². The number of benzene rings is 1. The molecule has 3 heterocycles. The summed E-state index contributed by atoms with van der Waals surface area (Å²) in [6, 6.07) is 9.57. The van der Waals surface area contributed by atoms with Crippen LogP contribution in [0.1, 0.15) is 35.3 Å². The van der Waals surface area contributed by atoms with Crippen molar-refractivity contribution in [3.63, 3.8) is 0 Å². The molecule has 0 radical (unpaired) electrons. The van der Waals surface area contributed by atoms with E-state index in [4.69, 9.17) is 0 Å². The zero-order chi connectivity index (χ0) is 18.1. The Morgan fingerprint density at radius 3 is 2.46 bits per heavy atom. The minimum absolute atomic E-state index is 0.0227. The molecule has 0 aliphatic carbocycles. The molecule has 5 heteroatoms. The molecule has 2 unspecified atom stereocenters. The van der Waals surface area contributed by atoms with E-state index in [1.54, 1.807) is 34.8 Å². The minimum atomic E-state index is -0.543. The molecule has 0 saturated carbocycles. The average Bonchev–Trinajstić information content (AvgIpc) is 3.33. The van der Waals surface area contributed by atoms with Gasteiger partial charge in [0.25, 0.3) is 0 Å². The third-order valence-corrected chi connectivity index (χ3v) is 6.41. The maximum Gasteiger partial charge on any atom is 0.115 e. The van der Waals surface area contributed by atoms with Crippen LogP contribution in [-0.4, -0.2) is 27.7 Å². The summed E-state index contributed by atoms with van der Waals surface area (Å²) in [6.45, 7) is 3.52. The van der Waals surface area contributed by atoms with Gasteiger partial charge in [0, 0.05) is 19.1 Å². The minimum Gasteiger partial charge on any atom is -0.508 e. The molecule has 3 nitrogen and oxygen atoms in total. The number of fused-ring (bicyclic) bond motifs is 1. The number of hydrogen-bond acceptors (Lipinski definition) is 5. The van der Waals surface area contributed by atoms with Crippen LogP contribution in [0.4, 0.5) is 0 Å². The van der Waals surface area contributed by atoms with Crippen LogP contribution < -0.4 is 0 Å². The van der Waals surface area contributed by atoms with E-state index in [1.807, 2.05) is 6.07 Å². The molecule has 3 aromatic rings. The molecule has 2 aromatic heterocycles. The number of hydrogen-bond donors (Lipinski definition) is 2. The third-order valence-electron chi connectivity index (χ3n) is 5.05. The number of nitrogens with zero attached hydrogens (tertiary/aromatic N) is 1. The summed E-state index contributed by atoms with van der Waals surface area (Å²) < 4.78 is 0. The first-order valence-corrected chi connectivity index (χ1v) is 10.5. The molecule has 0 amide bonds. The fourth-order valence-electron chi connectivity index (χ4n) is 3.52. The second kappa shape index (κ2) is 7.37. The van der Waals surface area contributed by atoms with E-state index in [-0.39, 0.29) is 11.8 Å². The van der Waals surface area contributed by atoms with Gasteiger partial charge in [-0.2, -0.15) is 22.7 Å². The normalized spacial score (nSPS) is 19.9. The first-order valence-electron chi connectivity index (χ1n) is 8.62. The van der Waals surface area contributed by atoms with E-state index in [0.717, 1.165) is 24.2 Å². The van der Waals surface area contributed by atoms with Crippen LogP contribution in [0, 0.1) is 0 Å². The second-order valence-corrected chi connectivity index (χ2v) is 8.20. The van der Waals surface area contributed by atoms with Gasteiger partial charge < -0.3 is 10.2 Å². The van der Waals surface area contributed by atoms with E-state index < -0.39 is 6.10 Å². The lowest BCUT2D eigenvalue weighted by molar-refractivity contribution is 0.0445. The zero-order valence-corrected chi connectivity index (χ0v) is 16.1. The molecule has 26 heavy (non-hydrogen) atoms. The van der Waals surface area contributed by atoms with Gasteiger partial charge in [-0.3, -0.25) is 4.90 Å². The van der Waals surface area contributed by atoms with Crippen molar-refractivity contribution in [3.05, 3.63) is 80.2 Å². The largest absolute Gasteiger partial charge is 0.508 e. The van der Waals surface area contributed by atoms with Crippen molar-refractivity contribution in [2.75, 3.05) is 6.54 Å². The van der Waals surface area contributed by atoms with Gasteiger partial charge in [-0.25, -0.2) is 0 Å². The first-order chi connectivity index (χ1) is 12.6. The predicted molar refractivity (Wildman–Crippen MR) is 109 cm³/mol. The molecule has 134 valence electrons. The Hall–Kier alpha value is -1.92.